The van der Waals surface area contributed by atoms with Gasteiger partial charge in [0.1, 0.15) is 7.80 Å². The van der Waals surface area contributed by atoms with Gasteiger partial charge < -0.3 is 4.57 Å². The van der Waals surface area contributed by atoms with Crippen LogP contribution in [-0.2, 0) is 4.57 Å². The fourth-order valence-electron chi connectivity index (χ4n) is 2.33. The van der Waals surface area contributed by atoms with Gasteiger partial charge in [0.05, 0.1) is 0 Å². The molecule has 0 spiro atoms. The second kappa shape index (κ2) is 6.89. The summed E-state index contributed by atoms with van der Waals surface area (Å²) >= 11 is 0. The van der Waals surface area contributed by atoms with E-state index < -0.39 is 7.80 Å². The zero-order chi connectivity index (χ0) is 13.7. The van der Waals surface area contributed by atoms with Crippen LogP contribution in [0.3, 0.4) is 0 Å². The van der Waals surface area contributed by atoms with Crippen LogP contribution in [-0.4, -0.2) is 11.7 Å². The maximum atomic E-state index is 12.2. The predicted octanol–water partition coefficient (Wildman–Crippen LogP) is 4.50. The van der Waals surface area contributed by atoms with Gasteiger partial charge in [-0.3, -0.25) is 4.79 Å². The summed E-state index contributed by atoms with van der Waals surface area (Å²) < 4.78 is 12.0. The highest BCUT2D eigenvalue weighted by molar-refractivity contribution is 7.64. The SMILES string of the molecule is CCCCC[PH](=O)C(=O)c1c(C)cc(C)cc1C. The minimum atomic E-state index is -2.14. The van der Waals surface area contributed by atoms with Crippen LogP contribution >= 0.6 is 7.80 Å². The van der Waals surface area contributed by atoms with E-state index in [1.807, 2.05) is 32.9 Å². The van der Waals surface area contributed by atoms with E-state index in [4.69, 9.17) is 0 Å². The molecule has 100 valence electrons. The van der Waals surface area contributed by atoms with Crippen molar-refractivity contribution in [1.29, 1.82) is 0 Å². The Bertz CT molecular complexity index is 441. The van der Waals surface area contributed by atoms with E-state index in [9.17, 15) is 9.36 Å². The smallest absolute Gasteiger partial charge is 0.219 e. The summed E-state index contributed by atoms with van der Waals surface area (Å²) in [6.45, 7) is 7.97. The molecule has 0 fully saturated rings. The van der Waals surface area contributed by atoms with Gasteiger partial charge in [0, 0.05) is 11.7 Å². The van der Waals surface area contributed by atoms with E-state index in [0.717, 1.165) is 36.0 Å². The molecule has 0 amide bonds. The van der Waals surface area contributed by atoms with Crippen LogP contribution < -0.4 is 0 Å². The van der Waals surface area contributed by atoms with Crippen LogP contribution in [0.4, 0.5) is 0 Å². The van der Waals surface area contributed by atoms with Gasteiger partial charge in [0.15, 0.2) is 0 Å². The Labute approximate surface area is 111 Å². The van der Waals surface area contributed by atoms with Crippen molar-refractivity contribution < 1.29 is 9.36 Å². The van der Waals surface area contributed by atoms with Gasteiger partial charge in [-0.05, 0) is 38.3 Å². The summed E-state index contributed by atoms with van der Waals surface area (Å²) in [6, 6.07) is 3.98. The molecule has 0 bridgehead atoms. The number of benzene rings is 1. The fraction of sp³-hybridized carbons (Fsp3) is 0.533. The third kappa shape index (κ3) is 3.81. The Balaban J connectivity index is 2.87. The zero-order valence-electron chi connectivity index (χ0n) is 11.8. The zero-order valence-corrected chi connectivity index (χ0v) is 12.8. The highest BCUT2D eigenvalue weighted by Gasteiger charge is 2.18. The molecule has 2 nitrogen and oxygen atoms in total. The lowest BCUT2D eigenvalue weighted by molar-refractivity contribution is 0.107. The summed E-state index contributed by atoms with van der Waals surface area (Å²) in [5.41, 5.74) is 3.59. The molecule has 0 aliphatic carbocycles. The molecule has 1 unspecified atom stereocenters. The van der Waals surface area contributed by atoms with Gasteiger partial charge in [0.25, 0.3) is 0 Å². The van der Waals surface area contributed by atoms with Gasteiger partial charge in [-0.25, -0.2) is 0 Å². The van der Waals surface area contributed by atoms with E-state index in [1.165, 1.54) is 0 Å². The lowest BCUT2D eigenvalue weighted by Crippen LogP contribution is -2.02. The molecule has 1 rings (SSSR count). The number of unbranched alkanes of at least 4 members (excludes halogenated alkanes) is 2. The first kappa shape index (κ1) is 15.2. The first-order valence-electron chi connectivity index (χ1n) is 6.62. The molecule has 1 atom stereocenters. The normalized spacial score (nSPS) is 12.4. The summed E-state index contributed by atoms with van der Waals surface area (Å²) in [5.74, 6) is 0. The molecule has 0 saturated heterocycles. The first-order valence-corrected chi connectivity index (χ1v) is 8.24. The van der Waals surface area contributed by atoms with E-state index in [0.29, 0.717) is 11.7 Å². The van der Waals surface area contributed by atoms with Crippen LogP contribution in [0, 0.1) is 20.8 Å². The molecule has 0 aromatic heterocycles. The summed E-state index contributed by atoms with van der Waals surface area (Å²) in [5, 5.41) is 0. The van der Waals surface area contributed by atoms with Crippen molar-refractivity contribution in [3.8, 4) is 0 Å². The molecule has 3 heteroatoms. The van der Waals surface area contributed by atoms with Gasteiger partial charge in [-0.2, -0.15) is 0 Å². The second-order valence-electron chi connectivity index (χ2n) is 4.98. The third-order valence-electron chi connectivity index (χ3n) is 3.16. The quantitative estimate of drug-likeness (QED) is 0.561. The Morgan fingerprint density at radius 3 is 2.17 bits per heavy atom. The predicted molar refractivity (Wildman–Crippen MR) is 78.4 cm³/mol. The summed E-state index contributed by atoms with van der Waals surface area (Å²) in [4.78, 5) is 12.2. The van der Waals surface area contributed by atoms with Crippen molar-refractivity contribution in [2.75, 3.05) is 6.16 Å². The number of hydrogen-bond acceptors (Lipinski definition) is 2. The van der Waals surface area contributed by atoms with Gasteiger partial charge in [-0.15, -0.1) is 0 Å². The molecule has 0 aliphatic heterocycles. The Hall–Kier alpha value is -0.880. The number of hydrogen-bond donors (Lipinski definition) is 0. The van der Waals surface area contributed by atoms with Gasteiger partial charge in [-0.1, -0.05) is 37.5 Å². The van der Waals surface area contributed by atoms with E-state index in [-0.39, 0.29) is 5.52 Å². The van der Waals surface area contributed by atoms with Crippen molar-refractivity contribution in [3.05, 3.63) is 34.4 Å². The fourth-order valence-corrected chi connectivity index (χ4v) is 3.80. The van der Waals surface area contributed by atoms with Crippen LogP contribution in [0.25, 0.3) is 0 Å². The average molecular weight is 266 g/mol. The number of carbonyl (C=O) groups is 1. The maximum Gasteiger partial charge on any atom is 0.219 e. The molecule has 0 radical (unpaired) electrons. The monoisotopic (exact) mass is 266 g/mol. The van der Waals surface area contributed by atoms with Gasteiger partial charge in [0.2, 0.25) is 5.52 Å². The van der Waals surface area contributed by atoms with Crippen molar-refractivity contribution in [2.24, 2.45) is 0 Å². The largest absolute Gasteiger partial charge is 0.318 e. The first-order chi connectivity index (χ1) is 8.47. The Morgan fingerprint density at radius 2 is 1.67 bits per heavy atom. The molecule has 1 aromatic rings. The standard InChI is InChI=1S/C15H23O2P/c1-5-6-7-8-18(17)15(16)14-12(3)9-11(2)10-13(14)4/h9-10,18H,5-8H2,1-4H3. The molecule has 18 heavy (non-hydrogen) atoms. The average Bonchev–Trinajstić information content (AvgIpc) is 2.27. The van der Waals surface area contributed by atoms with Crippen LogP contribution in [0.5, 0.6) is 0 Å². The molecule has 0 N–H and O–H groups in total. The minimum Gasteiger partial charge on any atom is -0.318 e. The molecule has 0 saturated carbocycles. The van der Waals surface area contributed by atoms with Gasteiger partial charge >= 0.3 is 0 Å². The molecule has 0 heterocycles. The number of aryl methyl sites for hydroxylation is 3. The highest BCUT2D eigenvalue weighted by atomic mass is 31.1. The minimum absolute atomic E-state index is 0.133. The van der Waals surface area contributed by atoms with Crippen LogP contribution in [0.2, 0.25) is 0 Å². The lowest BCUT2D eigenvalue weighted by atomic mass is 10.0. The van der Waals surface area contributed by atoms with E-state index in [1.54, 1.807) is 0 Å². The lowest BCUT2D eigenvalue weighted by Gasteiger charge is -2.10. The van der Waals surface area contributed by atoms with E-state index >= 15 is 0 Å². The molecule has 1 aromatic carbocycles. The van der Waals surface area contributed by atoms with Crippen LogP contribution in [0.1, 0.15) is 53.2 Å². The molecular weight excluding hydrogens is 243 g/mol. The highest BCUT2D eigenvalue weighted by Crippen LogP contribution is 2.31. The summed E-state index contributed by atoms with van der Waals surface area (Å²) in [6.07, 6.45) is 3.59. The molecular formula is C15H23O2P. The van der Waals surface area contributed by atoms with Crippen LogP contribution in [0.15, 0.2) is 12.1 Å². The van der Waals surface area contributed by atoms with Crippen molar-refractivity contribution in [1.82, 2.24) is 0 Å². The summed E-state index contributed by atoms with van der Waals surface area (Å²) in [7, 11) is -2.14. The second-order valence-corrected chi connectivity index (χ2v) is 6.78. The number of rotatable bonds is 6. The van der Waals surface area contributed by atoms with Crippen molar-refractivity contribution in [3.63, 3.8) is 0 Å². The maximum absolute atomic E-state index is 12.2. The van der Waals surface area contributed by atoms with Crippen molar-refractivity contribution in [2.45, 2.75) is 47.0 Å². The Kier molecular flexibility index (Phi) is 5.81. The molecule has 0 aliphatic rings. The third-order valence-corrected chi connectivity index (χ3v) is 4.73. The number of carbonyl (C=O) groups excluding carboxylic acids is 1. The van der Waals surface area contributed by atoms with E-state index in [2.05, 4.69) is 6.92 Å². The Morgan fingerprint density at radius 1 is 1.11 bits per heavy atom. The van der Waals surface area contributed by atoms with Crippen molar-refractivity contribution >= 4 is 13.3 Å². The topological polar surface area (TPSA) is 34.1 Å².